The second-order valence-corrected chi connectivity index (χ2v) is 10.2. The van der Waals surface area contributed by atoms with Gasteiger partial charge in [0.2, 0.25) is 11.8 Å². The molecule has 5 rings (SSSR count). The monoisotopic (exact) mass is 503 g/mol. The molecule has 7 heteroatoms. The predicted molar refractivity (Wildman–Crippen MR) is 142 cm³/mol. The molecule has 1 atom stereocenters. The number of benzene rings is 3. The van der Waals surface area contributed by atoms with E-state index in [9.17, 15) is 14.4 Å². The van der Waals surface area contributed by atoms with Crippen molar-refractivity contribution in [2.24, 2.45) is 0 Å². The lowest BCUT2D eigenvalue weighted by Crippen LogP contribution is -2.52. The molecule has 0 radical (unpaired) electrons. The molecular weight excluding hydrogens is 474 g/mol. The summed E-state index contributed by atoms with van der Waals surface area (Å²) in [6.07, 6.45) is 5.33. The summed E-state index contributed by atoms with van der Waals surface area (Å²) in [6.45, 7) is 1.83. The maximum absolute atomic E-state index is 13.8. The molecule has 6 nitrogen and oxygen atoms in total. The van der Waals surface area contributed by atoms with Crippen molar-refractivity contribution >= 4 is 45.8 Å². The molecule has 1 aliphatic carbocycles. The molecule has 0 aromatic heterocycles. The number of amides is 3. The van der Waals surface area contributed by atoms with Crippen LogP contribution in [-0.4, -0.2) is 41.2 Å². The molecule has 3 aromatic rings. The fourth-order valence-electron chi connectivity index (χ4n) is 5.35. The van der Waals surface area contributed by atoms with Gasteiger partial charge in [0.15, 0.2) is 0 Å². The lowest BCUT2D eigenvalue weighted by Gasteiger charge is -2.32. The van der Waals surface area contributed by atoms with Crippen molar-refractivity contribution in [1.82, 2.24) is 10.2 Å². The highest BCUT2D eigenvalue weighted by atomic mass is 35.5. The van der Waals surface area contributed by atoms with E-state index in [1.165, 1.54) is 11.3 Å². The number of anilines is 1. The number of halogens is 1. The van der Waals surface area contributed by atoms with Gasteiger partial charge in [-0.3, -0.25) is 19.3 Å². The maximum atomic E-state index is 13.8. The van der Waals surface area contributed by atoms with Crippen LogP contribution in [0.25, 0.3) is 10.8 Å². The molecule has 36 heavy (non-hydrogen) atoms. The first kappa shape index (κ1) is 24.3. The molecule has 1 heterocycles. The van der Waals surface area contributed by atoms with Crippen molar-refractivity contribution in [2.75, 3.05) is 11.4 Å². The van der Waals surface area contributed by atoms with Crippen molar-refractivity contribution < 1.29 is 14.4 Å². The third kappa shape index (κ3) is 4.82. The van der Waals surface area contributed by atoms with Crippen LogP contribution in [0, 0.1) is 0 Å². The first-order chi connectivity index (χ1) is 17.4. The summed E-state index contributed by atoms with van der Waals surface area (Å²) in [6, 6.07) is 18.1. The zero-order valence-corrected chi connectivity index (χ0v) is 21.1. The Balaban J connectivity index is 1.40. The van der Waals surface area contributed by atoms with Crippen LogP contribution >= 0.6 is 11.6 Å². The van der Waals surface area contributed by atoms with Gasteiger partial charge in [0.05, 0.1) is 5.69 Å². The predicted octanol–water partition coefficient (Wildman–Crippen LogP) is 5.32. The Labute approximate surface area is 216 Å². The Morgan fingerprint density at radius 1 is 1.06 bits per heavy atom. The minimum atomic E-state index is -0.700. The van der Waals surface area contributed by atoms with Crippen molar-refractivity contribution in [2.45, 2.75) is 57.7 Å². The number of rotatable bonds is 7. The zero-order chi connectivity index (χ0) is 25.2. The second-order valence-electron chi connectivity index (χ2n) is 9.74. The smallest absolute Gasteiger partial charge is 0.259 e. The minimum Gasteiger partial charge on any atom is -0.352 e. The molecule has 0 bridgehead atoms. The van der Waals surface area contributed by atoms with E-state index in [4.69, 9.17) is 11.6 Å². The molecule has 1 aliphatic heterocycles. The highest BCUT2D eigenvalue weighted by molar-refractivity contribution is 6.30. The molecular formula is C29H30ClN3O3. The van der Waals surface area contributed by atoms with Crippen molar-refractivity contribution in [1.29, 1.82) is 0 Å². The van der Waals surface area contributed by atoms with Gasteiger partial charge in [0.25, 0.3) is 5.91 Å². The van der Waals surface area contributed by atoms with Gasteiger partial charge in [-0.05, 0) is 55.0 Å². The summed E-state index contributed by atoms with van der Waals surface area (Å²) in [5, 5.41) is 5.54. The second kappa shape index (κ2) is 10.3. The lowest BCUT2D eigenvalue weighted by molar-refractivity contribution is -0.139. The van der Waals surface area contributed by atoms with Gasteiger partial charge in [-0.25, -0.2) is 0 Å². The van der Waals surface area contributed by atoms with E-state index in [0.717, 1.165) is 47.7 Å². The average Bonchev–Trinajstić information content (AvgIpc) is 3.15. The molecule has 186 valence electrons. The van der Waals surface area contributed by atoms with Gasteiger partial charge >= 0.3 is 0 Å². The van der Waals surface area contributed by atoms with E-state index in [2.05, 4.69) is 5.32 Å². The van der Waals surface area contributed by atoms with E-state index in [-0.39, 0.29) is 36.9 Å². The van der Waals surface area contributed by atoms with Gasteiger partial charge < -0.3 is 10.2 Å². The Bertz CT molecular complexity index is 1310. The standard InChI is InChI=1S/C29H30ClN3O3/c1-19(28(35)31-23-12-3-2-4-13-23)32(17-20-8-5-11-22(30)16-20)26(34)18-33-25-15-7-10-21-9-6-14-24(27(21)25)29(33)36/h5-11,14-16,19,23H,2-4,12-13,17-18H2,1H3,(H,31,35)/t19-/m1/s1. The first-order valence-electron chi connectivity index (χ1n) is 12.6. The van der Waals surface area contributed by atoms with Gasteiger partial charge in [-0.2, -0.15) is 0 Å². The van der Waals surface area contributed by atoms with Crippen LogP contribution in [0.2, 0.25) is 5.02 Å². The largest absolute Gasteiger partial charge is 0.352 e. The quantitative estimate of drug-likeness (QED) is 0.474. The van der Waals surface area contributed by atoms with Crippen LogP contribution in [0.5, 0.6) is 0 Å². The van der Waals surface area contributed by atoms with E-state index >= 15 is 0 Å². The van der Waals surface area contributed by atoms with Gasteiger partial charge in [-0.15, -0.1) is 0 Å². The van der Waals surface area contributed by atoms with Crippen LogP contribution in [0.4, 0.5) is 5.69 Å². The Morgan fingerprint density at radius 3 is 2.53 bits per heavy atom. The Kier molecular flexibility index (Phi) is 6.97. The summed E-state index contributed by atoms with van der Waals surface area (Å²) >= 11 is 6.20. The summed E-state index contributed by atoms with van der Waals surface area (Å²) in [4.78, 5) is 43.3. The maximum Gasteiger partial charge on any atom is 0.259 e. The fraction of sp³-hybridized carbons (Fsp3) is 0.345. The Hall–Kier alpha value is -3.38. The zero-order valence-electron chi connectivity index (χ0n) is 20.4. The van der Waals surface area contributed by atoms with Crippen LogP contribution in [0.15, 0.2) is 60.7 Å². The van der Waals surface area contributed by atoms with Crippen LogP contribution in [0.3, 0.4) is 0 Å². The summed E-state index contributed by atoms with van der Waals surface area (Å²) in [7, 11) is 0. The molecule has 2 aliphatic rings. The molecule has 3 amide bonds. The van der Waals surface area contributed by atoms with E-state index in [1.807, 2.05) is 42.5 Å². The number of carbonyl (C=O) groups excluding carboxylic acids is 3. The fourth-order valence-corrected chi connectivity index (χ4v) is 5.56. The molecule has 1 saturated carbocycles. The van der Waals surface area contributed by atoms with Crippen molar-refractivity contribution in [3.8, 4) is 0 Å². The molecule has 0 saturated heterocycles. The van der Waals surface area contributed by atoms with Gasteiger partial charge in [0, 0.05) is 28.6 Å². The Morgan fingerprint density at radius 2 is 1.78 bits per heavy atom. The number of hydrogen-bond donors (Lipinski definition) is 1. The summed E-state index contributed by atoms with van der Waals surface area (Å²) < 4.78 is 0. The van der Waals surface area contributed by atoms with E-state index < -0.39 is 6.04 Å². The topological polar surface area (TPSA) is 69.7 Å². The highest BCUT2D eigenvalue weighted by Crippen LogP contribution is 2.37. The van der Waals surface area contributed by atoms with Crippen LogP contribution < -0.4 is 10.2 Å². The normalized spacial score (nSPS) is 16.3. The van der Waals surface area contributed by atoms with Crippen molar-refractivity contribution in [3.05, 3.63) is 76.8 Å². The molecule has 0 spiro atoms. The third-order valence-corrected chi connectivity index (χ3v) is 7.54. The SMILES string of the molecule is C[C@H](C(=O)NC1CCCCC1)N(Cc1cccc(Cl)c1)C(=O)CN1C(=O)c2cccc3cccc1c23. The third-order valence-electron chi connectivity index (χ3n) is 7.30. The lowest BCUT2D eigenvalue weighted by atomic mass is 9.95. The molecule has 0 unspecified atom stereocenters. The number of hydrogen-bond acceptors (Lipinski definition) is 3. The number of nitrogens with one attached hydrogen (secondary N) is 1. The molecule has 3 aromatic carbocycles. The highest BCUT2D eigenvalue weighted by Gasteiger charge is 2.34. The minimum absolute atomic E-state index is 0.143. The van der Waals surface area contributed by atoms with Crippen LogP contribution in [-0.2, 0) is 16.1 Å². The van der Waals surface area contributed by atoms with Crippen molar-refractivity contribution in [3.63, 3.8) is 0 Å². The van der Waals surface area contributed by atoms with Gasteiger partial charge in [0.1, 0.15) is 12.6 Å². The summed E-state index contributed by atoms with van der Waals surface area (Å²) in [5.41, 5.74) is 2.15. The van der Waals surface area contributed by atoms with Crippen LogP contribution in [0.1, 0.15) is 54.9 Å². The summed E-state index contributed by atoms with van der Waals surface area (Å²) in [5.74, 6) is -0.660. The number of carbonyl (C=O) groups is 3. The average molecular weight is 504 g/mol. The number of nitrogens with zero attached hydrogens (tertiary/aromatic N) is 2. The molecule has 1 N–H and O–H groups in total. The van der Waals surface area contributed by atoms with E-state index in [0.29, 0.717) is 10.6 Å². The van der Waals surface area contributed by atoms with E-state index in [1.54, 1.807) is 30.0 Å². The molecule has 1 fully saturated rings. The first-order valence-corrected chi connectivity index (χ1v) is 13.0. The van der Waals surface area contributed by atoms with Gasteiger partial charge in [-0.1, -0.05) is 67.3 Å².